The third-order valence-corrected chi connectivity index (χ3v) is 3.80. The zero-order chi connectivity index (χ0) is 14.4. The van der Waals surface area contributed by atoms with Gasteiger partial charge in [-0.25, -0.2) is 0 Å². The van der Waals surface area contributed by atoms with Crippen LogP contribution in [-0.2, 0) is 0 Å². The molecule has 2 rings (SSSR count). The number of hydrogen-bond donors (Lipinski definition) is 2. The maximum atomic E-state index is 5.35. The Morgan fingerprint density at radius 2 is 1.80 bits per heavy atom. The number of ether oxygens (including phenoxy) is 1. The minimum absolute atomic E-state index is 0.367. The van der Waals surface area contributed by atoms with Crippen LogP contribution >= 0.6 is 0 Å². The van der Waals surface area contributed by atoms with E-state index >= 15 is 0 Å². The molecule has 1 fully saturated rings. The molecule has 6 nitrogen and oxygen atoms in total. The summed E-state index contributed by atoms with van der Waals surface area (Å²) < 4.78 is 5.35. The first-order valence-corrected chi connectivity index (χ1v) is 7.51. The van der Waals surface area contributed by atoms with Crippen molar-refractivity contribution in [3.8, 4) is 6.01 Å². The number of rotatable bonds is 6. The smallest absolute Gasteiger partial charge is 0.323 e. The molecule has 0 radical (unpaired) electrons. The first-order valence-electron chi connectivity index (χ1n) is 7.51. The Bertz CT molecular complexity index is 418. The van der Waals surface area contributed by atoms with Gasteiger partial charge in [0.15, 0.2) is 0 Å². The fourth-order valence-corrected chi connectivity index (χ4v) is 2.51. The average Bonchev–Trinajstić information content (AvgIpc) is 2.47. The van der Waals surface area contributed by atoms with Gasteiger partial charge in [0, 0.05) is 13.6 Å². The first-order chi connectivity index (χ1) is 9.71. The Morgan fingerprint density at radius 3 is 2.45 bits per heavy atom. The molecule has 6 heteroatoms. The largest absolute Gasteiger partial charge is 0.464 e. The zero-order valence-corrected chi connectivity index (χ0v) is 12.6. The molecule has 0 aliphatic heterocycles. The molecular formula is C14H25N5O. The Balaban J connectivity index is 1.92. The SMILES string of the molecule is CCOc1nc(NC)nc(NCC2CCC(C)CC2)n1. The summed E-state index contributed by atoms with van der Waals surface area (Å²) in [7, 11) is 1.79. The highest BCUT2D eigenvalue weighted by Crippen LogP contribution is 2.28. The van der Waals surface area contributed by atoms with E-state index in [9.17, 15) is 0 Å². The van der Waals surface area contributed by atoms with Gasteiger partial charge in [-0.15, -0.1) is 0 Å². The summed E-state index contributed by atoms with van der Waals surface area (Å²) in [6.45, 7) is 5.72. The summed E-state index contributed by atoms with van der Waals surface area (Å²) in [4.78, 5) is 12.7. The fraction of sp³-hybridized carbons (Fsp3) is 0.786. The van der Waals surface area contributed by atoms with Gasteiger partial charge in [0.1, 0.15) is 0 Å². The number of nitrogens with one attached hydrogen (secondary N) is 2. The minimum atomic E-state index is 0.367. The molecule has 0 aromatic carbocycles. The summed E-state index contributed by atoms with van der Waals surface area (Å²) in [6, 6.07) is 0.367. The van der Waals surface area contributed by atoms with Crippen molar-refractivity contribution in [3.05, 3.63) is 0 Å². The maximum absolute atomic E-state index is 5.35. The van der Waals surface area contributed by atoms with Crippen molar-refractivity contribution in [2.45, 2.75) is 39.5 Å². The molecule has 0 atom stereocenters. The topological polar surface area (TPSA) is 72.0 Å². The summed E-state index contributed by atoms with van der Waals surface area (Å²) in [5.41, 5.74) is 0. The Kier molecular flexibility index (Phi) is 5.38. The third-order valence-electron chi connectivity index (χ3n) is 3.80. The normalized spacial score (nSPS) is 22.4. The first kappa shape index (κ1) is 14.8. The molecule has 0 amide bonds. The second-order valence-electron chi connectivity index (χ2n) is 5.46. The van der Waals surface area contributed by atoms with Crippen molar-refractivity contribution in [1.29, 1.82) is 0 Å². The Hall–Kier alpha value is -1.59. The zero-order valence-electron chi connectivity index (χ0n) is 12.6. The van der Waals surface area contributed by atoms with E-state index < -0.39 is 0 Å². The van der Waals surface area contributed by atoms with Crippen LogP contribution in [0.3, 0.4) is 0 Å². The van der Waals surface area contributed by atoms with Gasteiger partial charge >= 0.3 is 6.01 Å². The van der Waals surface area contributed by atoms with Gasteiger partial charge in [-0.3, -0.25) is 0 Å². The standard InChI is InChI=1S/C14H25N5O/c1-4-20-14-18-12(15-3)17-13(19-14)16-9-11-7-5-10(2)6-8-11/h10-11H,4-9H2,1-3H3,(H2,15,16,17,18,19). The van der Waals surface area contributed by atoms with Gasteiger partial charge in [0.25, 0.3) is 0 Å². The molecule has 0 spiro atoms. The molecule has 20 heavy (non-hydrogen) atoms. The molecule has 112 valence electrons. The monoisotopic (exact) mass is 279 g/mol. The van der Waals surface area contributed by atoms with Crippen LogP contribution in [-0.4, -0.2) is 35.2 Å². The highest BCUT2D eigenvalue weighted by atomic mass is 16.5. The van der Waals surface area contributed by atoms with Gasteiger partial charge in [0.2, 0.25) is 11.9 Å². The molecule has 1 aliphatic rings. The van der Waals surface area contributed by atoms with E-state index in [-0.39, 0.29) is 0 Å². The van der Waals surface area contributed by atoms with E-state index in [0.717, 1.165) is 18.4 Å². The highest BCUT2D eigenvalue weighted by Gasteiger charge is 2.18. The summed E-state index contributed by atoms with van der Waals surface area (Å²) in [5.74, 6) is 2.72. The predicted molar refractivity (Wildman–Crippen MR) is 80.2 cm³/mol. The van der Waals surface area contributed by atoms with Crippen LogP contribution in [0.25, 0.3) is 0 Å². The van der Waals surface area contributed by atoms with E-state index in [2.05, 4.69) is 32.5 Å². The van der Waals surface area contributed by atoms with E-state index in [4.69, 9.17) is 4.74 Å². The molecule has 0 saturated heterocycles. The van der Waals surface area contributed by atoms with Gasteiger partial charge in [-0.2, -0.15) is 15.0 Å². The number of anilines is 2. The second-order valence-corrected chi connectivity index (χ2v) is 5.46. The molecule has 0 unspecified atom stereocenters. The lowest BCUT2D eigenvalue weighted by molar-refractivity contribution is 0.299. The molecular weight excluding hydrogens is 254 g/mol. The lowest BCUT2D eigenvalue weighted by atomic mass is 9.83. The van der Waals surface area contributed by atoms with Crippen LogP contribution < -0.4 is 15.4 Å². The molecule has 1 saturated carbocycles. The van der Waals surface area contributed by atoms with Crippen LogP contribution in [0.5, 0.6) is 6.01 Å². The van der Waals surface area contributed by atoms with Crippen molar-refractivity contribution in [2.24, 2.45) is 11.8 Å². The number of aromatic nitrogens is 3. The van der Waals surface area contributed by atoms with Crippen LogP contribution in [0.2, 0.25) is 0 Å². The van der Waals surface area contributed by atoms with E-state index in [1.54, 1.807) is 7.05 Å². The van der Waals surface area contributed by atoms with Crippen molar-refractivity contribution in [2.75, 3.05) is 30.8 Å². The number of nitrogens with zero attached hydrogens (tertiary/aromatic N) is 3. The summed E-state index contributed by atoms with van der Waals surface area (Å²) in [6.07, 6.45) is 5.23. The quantitative estimate of drug-likeness (QED) is 0.834. The highest BCUT2D eigenvalue weighted by molar-refractivity contribution is 5.35. The van der Waals surface area contributed by atoms with E-state index in [1.165, 1.54) is 25.7 Å². The van der Waals surface area contributed by atoms with Crippen molar-refractivity contribution < 1.29 is 4.74 Å². The predicted octanol–water partition coefficient (Wildman–Crippen LogP) is 2.55. The maximum Gasteiger partial charge on any atom is 0.323 e. The molecule has 2 N–H and O–H groups in total. The molecule has 1 aromatic rings. The summed E-state index contributed by atoms with van der Waals surface area (Å²) in [5, 5.41) is 6.25. The second kappa shape index (κ2) is 7.26. The lowest BCUT2D eigenvalue weighted by Gasteiger charge is -2.26. The van der Waals surface area contributed by atoms with Gasteiger partial charge < -0.3 is 15.4 Å². The van der Waals surface area contributed by atoms with Crippen LogP contribution in [0, 0.1) is 11.8 Å². The van der Waals surface area contributed by atoms with Crippen LogP contribution in [0.15, 0.2) is 0 Å². The number of hydrogen-bond acceptors (Lipinski definition) is 6. The van der Waals surface area contributed by atoms with Crippen molar-refractivity contribution >= 4 is 11.9 Å². The van der Waals surface area contributed by atoms with E-state index in [1.807, 2.05) is 6.92 Å². The van der Waals surface area contributed by atoms with Crippen LogP contribution in [0.4, 0.5) is 11.9 Å². The Morgan fingerprint density at radius 1 is 1.10 bits per heavy atom. The summed E-state index contributed by atoms with van der Waals surface area (Å²) >= 11 is 0. The van der Waals surface area contributed by atoms with Crippen molar-refractivity contribution in [3.63, 3.8) is 0 Å². The molecule has 1 heterocycles. The van der Waals surface area contributed by atoms with Crippen LogP contribution in [0.1, 0.15) is 39.5 Å². The molecule has 1 aromatic heterocycles. The average molecular weight is 279 g/mol. The minimum Gasteiger partial charge on any atom is -0.464 e. The third kappa shape index (κ3) is 4.21. The fourth-order valence-electron chi connectivity index (χ4n) is 2.51. The van der Waals surface area contributed by atoms with E-state index in [0.29, 0.717) is 24.5 Å². The van der Waals surface area contributed by atoms with Gasteiger partial charge in [0.05, 0.1) is 6.61 Å². The molecule has 1 aliphatic carbocycles. The lowest BCUT2D eigenvalue weighted by Crippen LogP contribution is -2.21. The van der Waals surface area contributed by atoms with Gasteiger partial charge in [-0.05, 0) is 31.6 Å². The van der Waals surface area contributed by atoms with Gasteiger partial charge in [-0.1, -0.05) is 19.8 Å². The molecule has 0 bridgehead atoms. The Labute approximate surface area is 120 Å². The van der Waals surface area contributed by atoms with Crippen molar-refractivity contribution in [1.82, 2.24) is 15.0 Å².